The number of methoxy groups -OCH3 is 6. The van der Waals surface area contributed by atoms with Crippen molar-refractivity contribution in [3.63, 3.8) is 0 Å². The SMILES string of the molecule is BrB(Br)Br.C.C.COCCCc1nonc1-c1noc(=O)n1-c1ccc(F)c(Br)c1.COCCCc1nonc1C(=Nc1ccc(F)c(Br)c1)NO.COCCCc1nonc1C(Cl)=NO.COCCCc1nonc1C(N)=NO.COCCN.COCCN=C(NO)c1nonc1N.NC(=NO)c1nonc1N.NO.Nc1nonc1C(Cl)=NO.[2H]CI.[C-]#[N+]CC#N. The number of nitrogens with zero attached hydrogens (tertiary/aromatic N) is 24. The molecule has 0 aliphatic carbocycles. The molecule has 0 saturated heterocycles. The molecule has 10 rings (SSSR count). The van der Waals surface area contributed by atoms with Crippen molar-refractivity contribution in [1.82, 2.24) is 92.9 Å². The Morgan fingerprint density at radius 3 is 1.37 bits per heavy atom. The number of nitriles is 1. The molecule has 0 aliphatic rings. The molecule has 0 saturated carbocycles. The normalized spacial score (nSPS) is 10.8. The highest BCUT2D eigenvalue weighted by Crippen LogP contribution is 2.26. The number of hydrogen-bond donors (Lipinski definition) is 16. The molecule has 8 aromatic heterocycles. The second-order valence-electron chi connectivity index (χ2n) is 21.1. The van der Waals surface area contributed by atoms with E-state index in [0.717, 1.165) is 19.3 Å². The summed E-state index contributed by atoms with van der Waals surface area (Å²) >= 11 is 28.3. The number of hydrogen-bond acceptors (Lipinski definition) is 49. The number of benzene rings is 2. The van der Waals surface area contributed by atoms with Gasteiger partial charge in [0.1, 0.15) is 40.5 Å². The maximum Gasteiger partial charge on any atom is 0.446 e. The van der Waals surface area contributed by atoms with Crippen molar-refractivity contribution >= 4 is 185 Å². The van der Waals surface area contributed by atoms with Crippen molar-refractivity contribution in [2.24, 2.45) is 53.7 Å². The van der Waals surface area contributed by atoms with Gasteiger partial charge >= 0.3 is 8.94 Å². The molecular weight excluding hydrogens is 2210 g/mol. The fraction of sp³-hybridized carbons (Fsp3) is 0.419. The van der Waals surface area contributed by atoms with Crippen LogP contribution in [0, 0.1) is 29.5 Å². The monoisotopic (exact) mass is 2290 g/mol. The van der Waals surface area contributed by atoms with E-state index >= 15 is 0 Å². The van der Waals surface area contributed by atoms with Crippen molar-refractivity contribution in [3.8, 4) is 23.3 Å². The summed E-state index contributed by atoms with van der Waals surface area (Å²) in [7, 11) is 9.62. The first-order valence-electron chi connectivity index (χ1n) is 34.4. The third-order valence-electron chi connectivity index (χ3n) is 12.9. The van der Waals surface area contributed by atoms with Gasteiger partial charge in [-0.2, -0.15) is 5.26 Å². The Labute approximate surface area is 792 Å². The summed E-state index contributed by atoms with van der Waals surface area (Å²) < 4.78 is 99.7. The number of rotatable bonds is 30. The van der Waals surface area contributed by atoms with Gasteiger partial charge in [-0.1, -0.05) is 107 Å². The Kier molecular flexibility index (Phi) is 73.6. The summed E-state index contributed by atoms with van der Waals surface area (Å²) in [6.07, 6.45) is 5.27. The molecule has 710 valence electrons. The summed E-state index contributed by atoms with van der Waals surface area (Å²) in [6, 6.07) is 9.97. The number of aliphatic imine (C=N–C) groups is 2. The van der Waals surface area contributed by atoms with E-state index in [1.54, 1.807) is 48.7 Å². The van der Waals surface area contributed by atoms with E-state index in [4.69, 9.17) is 140 Å². The second kappa shape index (κ2) is 77.5. The first kappa shape index (κ1) is 121. The lowest BCUT2D eigenvalue weighted by Gasteiger charge is -2.04. The van der Waals surface area contributed by atoms with E-state index in [-0.39, 0.29) is 125 Å². The Morgan fingerprint density at radius 2 is 0.969 bits per heavy atom. The molecule has 55 nitrogen and oxygen atoms in total. The molecule has 0 bridgehead atoms. The third-order valence-corrected chi connectivity index (χ3v) is 14.6. The predicted octanol–water partition coefficient (Wildman–Crippen LogP) is 7.36. The number of oxime groups is 4. The smallest absolute Gasteiger partial charge is 0.410 e. The van der Waals surface area contributed by atoms with E-state index in [2.05, 4.69) is 226 Å². The molecule has 0 radical (unpaired) electrons. The molecule has 0 fully saturated rings. The van der Waals surface area contributed by atoms with E-state index in [1.165, 1.54) is 41.0 Å². The van der Waals surface area contributed by atoms with Crippen LogP contribution in [0.25, 0.3) is 22.1 Å². The quantitative estimate of drug-likeness (QED) is 0.00200. The van der Waals surface area contributed by atoms with Gasteiger partial charge in [0.25, 0.3) is 6.54 Å². The van der Waals surface area contributed by atoms with Crippen LogP contribution in [-0.4, -0.2) is 262 Å². The standard InChI is InChI=1S/C14H12BrFN4O4.C13H14BrFN4O3.C7H10ClN3O3.C7H12N4O3.C6H11N5O3.C3H3ClN4O2.C3H5N5O2.C3H2N2.C3H9NO.CH3I.2CH4.BBr3.H3NO/c1-22-6-2-3-11-12(18-24-17-11)13-19-23-14(21)20(13)8-4-5-10(16)9(15)7-8;1-21-6-2-3-11-12(19-22-18-11)13(17-20)16-8-4-5-10(15)9(14)7-8;2*1-13-4-2-3-5-6(7(8)9-12)11-14-10-5;1-13-3-2-8-6(9-12)4-5(7)11-14-10-4;2*4-2(6-9)1-3(5)8-10-7-1;2*1-5-3-2-4;1-2;;;2-1(3)4;1-2/h4-5,7H,2-3,6H2,1H3;4-5,7,20H,2-3,6H2,1H3,(H,16,17);12H,2-4H2,1H3;12H,2-4H2,1H3,(H2,8,9);12H,2-3H2,1H3,(H2,7,11)(H,8,9);9H,(H2,5,8);9H,(H2,4,6)(H2,5,8);3H2;2-4H2,1H3;1H3;2*1H4;;2H,1H2/i;;;;;;;;;1D;;;;. The molecule has 128 heavy (non-hydrogen) atoms. The number of alkyl halides is 1. The number of ether oxygens (including phenoxy) is 6. The van der Waals surface area contributed by atoms with Crippen LogP contribution in [0.2, 0.25) is 0 Å². The number of aromatic nitrogens is 16. The van der Waals surface area contributed by atoms with E-state index in [0.29, 0.717) is 130 Å². The topological polar surface area (TPSA) is 826 Å². The van der Waals surface area contributed by atoms with Gasteiger partial charge in [-0.15, -0.1) is 47.3 Å². The van der Waals surface area contributed by atoms with Crippen molar-refractivity contribution < 1.29 is 112 Å². The summed E-state index contributed by atoms with van der Waals surface area (Å²) in [5, 5.41) is 129. The number of amidine groups is 4. The third kappa shape index (κ3) is 49.1. The van der Waals surface area contributed by atoms with Crippen LogP contribution in [0.1, 0.15) is 98.8 Å². The minimum Gasteiger partial charge on any atom is -0.410 e. The van der Waals surface area contributed by atoms with Crippen molar-refractivity contribution in [3.05, 3.63) is 136 Å². The zero-order valence-corrected chi connectivity index (χ0v) is 78.2. The van der Waals surface area contributed by atoms with Crippen LogP contribution < -0.4 is 57.0 Å². The fourth-order valence-electron chi connectivity index (χ4n) is 7.61. The minimum atomic E-state index is -0.727. The molecule has 0 unspecified atom stereocenters. The number of hydroxylamine groups is 2. The van der Waals surface area contributed by atoms with Gasteiger partial charge < -0.3 is 93.7 Å². The van der Waals surface area contributed by atoms with Gasteiger partial charge in [0, 0.05) is 77.0 Å². The highest BCUT2D eigenvalue weighted by molar-refractivity contribution is 14.1. The lowest BCUT2D eigenvalue weighted by atomic mass is 10.2. The fourth-order valence-corrected chi connectivity index (χ4v) is 8.62. The molecule has 0 spiro atoms. The van der Waals surface area contributed by atoms with Crippen LogP contribution in [0.15, 0.2) is 118 Å². The minimum absolute atomic E-state index is 0. The van der Waals surface area contributed by atoms with Crippen LogP contribution in [0.4, 0.5) is 31.9 Å². The highest BCUT2D eigenvalue weighted by Gasteiger charge is 2.24. The maximum absolute atomic E-state index is 13.4. The lowest BCUT2D eigenvalue weighted by molar-refractivity contribution is 0.194. The highest BCUT2D eigenvalue weighted by atomic mass is 127. The molecule has 2 aromatic carbocycles. The molecule has 10 aromatic rings. The number of aryl methyl sites for hydroxylation is 4. The summed E-state index contributed by atoms with van der Waals surface area (Å²) in [6.45, 7) is 10.4. The summed E-state index contributed by atoms with van der Waals surface area (Å²) in [4.78, 5) is 23.3. The van der Waals surface area contributed by atoms with Crippen LogP contribution in [0.3, 0.4) is 0 Å². The maximum atomic E-state index is 13.4. The molecule has 0 amide bonds. The van der Waals surface area contributed by atoms with Gasteiger partial charge in [0.2, 0.25) is 11.0 Å². The van der Waals surface area contributed by atoms with Crippen LogP contribution in [-0.2, 0) is 54.1 Å². The molecule has 66 heteroatoms. The first-order valence-corrected chi connectivity index (χ1v) is 40.3. The lowest BCUT2D eigenvalue weighted by Crippen LogP contribution is -2.22. The van der Waals surface area contributed by atoms with Gasteiger partial charge in [-0.25, -0.2) is 68.0 Å². The van der Waals surface area contributed by atoms with Crippen molar-refractivity contribution in [2.45, 2.75) is 66.2 Å². The molecule has 8 heterocycles. The molecule has 23 N–H and O–H groups in total. The summed E-state index contributed by atoms with van der Waals surface area (Å²) in [5.74, 6) is 1.93. The summed E-state index contributed by atoms with van der Waals surface area (Å²) in [5.41, 5.74) is 39.4. The van der Waals surface area contributed by atoms with Gasteiger partial charge in [0.05, 0.1) is 40.1 Å². The van der Waals surface area contributed by atoms with E-state index in [1.807, 2.05) is 33.6 Å². The van der Waals surface area contributed by atoms with Gasteiger partial charge in [-0.05, 0) is 176 Å². The number of halogens is 10. The number of nitrogen functional groups attached to an aromatic ring is 3. The second-order valence-corrected chi connectivity index (χ2v) is 29.9. The Hall–Kier alpha value is -10.6. The number of nitrogens with two attached hydrogens (primary N) is 7. The van der Waals surface area contributed by atoms with Gasteiger partial charge in [-0.3, -0.25) is 30.9 Å². The van der Waals surface area contributed by atoms with E-state index < -0.39 is 17.4 Å². The van der Waals surface area contributed by atoms with Crippen LogP contribution in [0.5, 0.6) is 0 Å². The van der Waals surface area contributed by atoms with Crippen molar-refractivity contribution in [1.29, 1.82) is 5.26 Å². The van der Waals surface area contributed by atoms with E-state index in [9.17, 15) is 18.8 Å². The molecular formula is C62H92BBr5Cl2F2IN33O22. The zero-order chi connectivity index (χ0) is 95.9. The largest absolute Gasteiger partial charge is 0.446 e. The van der Waals surface area contributed by atoms with Crippen LogP contribution >= 0.6 is 125 Å². The Morgan fingerprint density at radius 1 is 0.586 bits per heavy atom. The average Bonchev–Trinajstić information content (AvgIpc) is 1.70. The van der Waals surface area contributed by atoms with Crippen molar-refractivity contribution in [2.75, 3.05) is 124 Å². The Bertz CT molecular complexity index is 4820. The zero-order valence-electron chi connectivity index (χ0n) is 67.6. The van der Waals surface area contributed by atoms with Gasteiger partial charge in [0.15, 0.2) is 85.8 Å². The predicted molar refractivity (Wildman–Crippen MR) is 480 cm³/mol. The Balaban J connectivity index is -0.000000693. The molecule has 0 atom stereocenters. The average molecular weight is 2300 g/mol. The molecule has 0 aliphatic heterocycles. The first-order chi connectivity index (χ1) is 61.1. The number of anilines is 3. The number of nitrogens with one attached hydrogen (secondary N) is 2.